The minimum atomic E-state index is 0.0866. The summed E-state index contributed by atoms with van der Waals surface area (Å²) in [6, 6.07) is 15.8. The number of piperidine rings is 2. The summed E-state index contributed by atoms with van der Waals surface area (Å²) in [5.74, 6) is 1.41. The van der Waals surface area contributed by atoms with Gasteiger partial charge in [0.05, 0.1) is 11.7 Å². The summed E-state index contributed by atoms with van der Waals surface area (Å²) in [6.45, 7) is 3.87. The second-order valence-electron chi connectivity index (χ2n) is 10.6. The van der Waals surface area contributed by atoms with Gasteiger partial charge in [-0.05, 0) is 80.6 Å². The molecule has 9 nitrogen and oxygen atoms in total. The number of fused-ring (bicyclic) bond motifs is 2. The second kappa shape index (κ2) is 9.25. The van der Waals surface area contributed by atoms with Gasteiger partial charge in [0.25, 0.3) is 5.91 Å². The van der Waals surface area contributed by atoms with Crippen LogP contribution in [0.4, 0.5) is 11.5 Å². The number of carbonyl (C=O) groups is 1. The first-order chi connectivity index (χ1) is 18.6. The van der Waals surface area contributed by atoms with Crippen LogP contribution < -0.4 is 10.6 Å². The topological polar surface area (TPSA) is 115 Å². The van der Waals surface area contributed by atoms with E-state index in [-0.39, 0.29) is 5.91 Å². The Morgan fingerprint density at radius 2 is 1.79 bits per heavy atom. The standard InChI is InChI=1S/C29H30N8O/c38-28(37-13-8-29(9-14-37)6-11-30-12-7-29)25-16-19-1-2-20(17-24(19)34-25)27-31-10-5-26(35-27)33-22-3-4-23-21(15-22)18-32-36-23/h1-5,10,15-18,30,34H,6-9,11-14H2,(H,32,36)(H,31,33,35). The Kier molecular flexibility index (Phi) is 5.58. The van der Waals surface area contributed by atoms with Crippen molar-refractivity contribution in [3.8, 4) is 11.4 Å². The van der Waals surface area contributed by atoms with Gasteiger partial charge < -0.3 is 20.5 Å². The Hall–Kier alpha value is -4.24. The van der Waals surface area contributed by atoms with Crippen LogP contribution in [0.5, 0.6) is 0 Å². The number of benzene rings is 2. The number of H-pyrrole nitrogens is 2. The minimum Gasteiger partial charge on any atom is -0.351 e. The van der Waals surface area contributed by atoms with E-state index >= 15 is 0 Å². The highest BCUT2D eigenvalue weighted by atomic mass is 16.2. The van der Waals surface area contributed by atoms with Crippen LogP contribution in [0.15, 0.2) is 60.9 Å². The van der Waals surface area contributed by atoms with E-state index in [1.54, 1.807) is 12.4 Å². The molecular formula is C29H30N8O. The number of anilines is 2. The number of carbonyl (C=O) groups excluding carboxylic acids is 1. The molecule has 38 heavy (non-hydrogen) atoms. The summed E-state index contributed by atoms with van der Waals surface area (Å²) in [7, 11) is 0. The highest BCUT2D eigenvalue weighted by Gasteiger charge is 2.37. The van der Waals surface area contributed by atoms with E-state index in [0.29, 0.717) is 22.8 Å². The van der Waals surface area contributed by atoms with Gasteiger partial charge in [-0.1, -0.05) is 12.1 Å². The van der Waals surface area contributed by atoms with E-state index in [9.17, 15) is 4.79 Å². The monoisotopic (exact) mass is 506 g/mol. The fourth-order valence-corrected chi connectivity index (χ4v) is 5.93. The van der Waals surface area contributed by atoms with Crippen LogP contribution in [0.2, 0.25) is 0 Å². The van der Waals surface area contributed by atoms with Gasteiger partial charge >= 0.3 is 0 Å². The van der Waals surface area contributed by atoms with E-state index in [4.69, 9.17) is 4.98 Å². The van der Waals surface area contributed by atoms with Crippen LogP contribution in [0.3, 0.4) is 0 Å². The van der Waals surface area contributed by atoms with Gasteiger partial charge in [0.1, 0.15) is 11.5 Å². The molecule has 0 saturated carbocycles. The lowest BCUT2D eigenvalue weighted by Gasteiger charge is -2.44. The number of hydrogen-bond donors (Lipinski definition) is 4. The molecule has 192 valence electrons. The molecular weight excluding hydrogens is 476 g/mol. The number of hydrogen-bond acceptors (Lipinski definition) is 6. The quantitative estimate of drug-likeness (QED) is 0.277. The van der Waals surface area contributed by atoms with Crippen LogP contribution in [0, 0.1) is 5.41 Å². The van der Waals surface area contributed by atoms with Crippen LogP contribution in [0.1, 0.15) is 36.2 Å². The van der Waals surface area contributed by atoms with Crippen molar-refractivity contribution in [2.45, 2.75) is 25.7 Å². The van der Waals surface area contributed by atoms with Gasteiger partial charge in [-0.15, -0.1) is 0 Å². The van der Waals surface area contributed by atoms with Crippen molar-refractivity contribution >= 4 is 39.2 Å². The zero-order chi connectivity index (χ0) is 25.5. The molecule has 2 saturated heterocycles. The molecule has 9 heteroatoms. The van der Waals surface area contributed by atoms with Crippen LogP contribution in [-0.2, 0) is 0 Å². The van der Waals surface area contributed by atoms with Crippen molar-refractivity contribution in [3.63, 3.8) is 0 Å². The molecule has 0 bridgehead atoms. The maximum absolute atomic E-state index is 13.3. The first-order valence-corrected chi connectivity index (χ1v) is 13.3. The molecule has 2 fully saturated rings. The van der Waals surface area contributed by atoms with Crippen LogP contribution in [-0.4, -0.2) is 62.1 Å². The average Bonchev–Trinajstić information content (AvgIpc) is 3.60. The number of nitrogens with zero attached hydrogens (tertiary/aromatic N) is 4. The van der Waals surface area contributed by atoms with Crippen molar-refractivity contribution in [3.05, 3.63) is 66.6 Å². The molecule has 0 aliphatic carbocycles. The summed E-state index contributed by atoms with van der Waals surface area (Å²) in [4.78, 5) is 27.9. The Morgan fingerprint density at radius 1 is 0.921 bits per heavy atom. The molecule has 5 aromatic rings. The zero-order valence-electron chi connectivity index (χ0n) is 21.1. The predicted molar refractivity (Wildman–Crippen MR) is 148 cm³/mol. The average molecular weight is 507 g/mol. The number of aromatic amines is 2. The first kappa shape index (κ1) is 22.9. The Bertz CT molecular complexity index is 1620. The summed E-state index contributed by atoms with van der Waals surface area (Å²) < 4.78 is 0. The first-order valence-electron chi connectivity index (χ1n) is 13.3. The maximum Gasteiger partial charge on any atom is 0.270 e. The zero-order valence-corrected chi connectivity index (χ0v) is 21.1. The van der Waals surface area contributed by atoms with Gasteiger partial charge in [0.2, 0.25) is 0 Å². The molecule has 2 aliphatic rings. The summed E-state index contributed by atoms with van der Waals surface area (Å²) in [5.41, 5.74) is 4.78. The van der Waals surface area contributed by atoms with E-state index in [0.717, 1.165) is 72.1 Å². The van der Waals surface area contributed by atoms with E-state index in [1.165, 1.54) is 12.8 Å². The third-order valence-corrected chi connectivity index (χ3v) is 8.25. The molecule has 7 rings (SSSR count). The van der Waals surface area contributed by atoms with Gasteiger partial charge in [-0.3, -0.25) is 9.89 Å². The predicted octanol–water partition coefficient (Wildman–Crippen LogP) is 4.85. The maximum atomic E-state index is 13.3. The normalized spacial score (nSPS) is 17.3. The van der Waals surface area contributed by atoms with Crippen molar-refractivity contribution in [1.29, 1.82) is 0 Å². The Morgan fingerprint density at radius 3 is 2.66 bits per heavy atom. The van der Waals surface area contributed by atoms with Gasteiger partial charge in [-0.25, -0.2) is 9.97 Å². The van der Waals surface area contributed by atoms with Gasteiger partial charge in [0.15, 0.2) is 5.82 Å². The third-order valence-electron chi connectivity index (χ3n) is 8.25. The summed E-state index contributed by atoms with van der Waals surface area (Å²) in [5, 5.41) is 15.9. The molecule has 1 spiro atoms. The van der Waals surface area contributed by atoms with E-state index < -0.39 is 0 Å². The van der Waals surface area contributed by atoms with E-state index in [1.807, 2.05) is 53.4 Å². The lowest BCUT2D eigenvalue weighted by Crippen LogP contribution is -2.47. The molecule has 4 N–H and O–H groups in total. The lowest BCUT2D eigenvalue weighted by molar-refractivity contribution is 0.0491. The summed E-state index contributed by atoms with van der Waals surface area (Å²) in [6.07, 6.45) is 8.20. The van der Waals surface area contributed by atoms with E-state index in [2.05, 4.69) is 30.8 Å². The largest absolute Gasteiger partial charge is 0.351 e. The highest BCUT2D eigenvalue weighted by Crippen LogP contribution is 2.39. The minimum absolute atomic E-state index is 0.0866. The van der Waals surface area contributed by atoms with Crippen molar-refractivity contribution in [2.75, 3.05) is 31.5 Å². The molecule has 0 unspecified atom stereocenters. The summed E-state index contributed by atoms with van der Waals surface area (Å²) >= 11 is 0. The van der Waals surface area contributed by atoms with Gasteiger partial charge in [-0.2, -0.15) is 5.10 Å². The molecule has 0 radical (unpaired) electrons. The third kappa shape index (κ3) is 4.28. The smallest absolute Gasteiger partial charge is 0.270 e. The molecule has 1 amide bonds. The molecule has 3 aromatic heterocycles. The number of aromatic nitrogens is 5. The number of likely N-dealkylation sites (tertiary alicyclic amines) is 1. The lowest BCUT2D eigenvalue weighted by atomic mass is 9.71. The molecule has 0 atom stereocenters. The molecule has 2 aliphatic heterocycles. The van der Waals surface area contributed by atoms with Crippen LogP contribution >= 0.6 is 0 Å². The van der Waals surface area contributed by atoms with Gasteiger partial charge in [0, 0.05) is 46.8 Å². The van der Waals surface area contributed by atoms with Crippen LogP contribution in [0.25, 0.3) is 33.2 Å². The molecule has 5 heterocycles. The van der Waals surface area contributed by atoms with Crippen molar-refractivity contribution in [2.24, 2.45) is 5.41 Å². The SMILES string of the molecule is O=C(c1cc2ccc(-c3nccc(Nc4ccc5[nH]ncc5c4)n3)cc2[nH]1)N1CCC2(CCNCC2)CC1. The number of nitrogens with one attached hydrogen (secondary N) is 4. The second-order valence-corrected chi connectivity index (χ2v) is 10.6. The van der Waals surface area contributed by atoms with Crippen molar-refractivity contribution in [1.82, 2.24) is 35.4 Å². The number of rotatable bonds is 4. The fourth-order valence-electron chi connectivity index (χ4n) is 5.93. The highest BCUT2D eigenvalue weighted by molar-refractivity contribution is 5.98. The number of amides is 1. The molecule has 2 aromatic carbocycles. The van der Waals surface area contributed by atoms with Crippen molar-refractivity contribution < 1.29 is 4.79 Å². The Balaban J connectivity index is 1.08. The fraction of sp³-hybridized carbons (Fsp3) is 0.310. The Labute approximate surface area is 220 Å².